The molecule has 0 spiro atoms. The SMILES string of the molecule is O=C(NCc1cccc([N+](=O)[O-])c1)N1CCN(C(=O)C2CCCCC2)CC1. The van der Waals surface area contributed by atoms with Gasteiger partial charge >= 0.3 is 6.03 Å². The predicted octanol–water partition coefficient (Wildman–Crippen LogP) is 2.53. The molecule has 3 amide bonds. The topological polar surface area (TPSA) is 95.8 Å². The van der Waals surface area contributed by atoms with Crippen LogP contribution in [-0.4, -0.2) is 52.8 Å². The van der Waals surface area contributed by atoms with Gasteiger partial charge in [0.15, 0.2) is 0 Å². The first-order chi connectivity index (χ1) is 13.0. The molecule has 27 heavy (non-hydrogen) atoms. The van der Waals surface area contributed by atoms with Gasteiger partial charge in [-0.05, 0) is 18.4 Å². The van der Waals surface area contributed by atoms with Gasteiger partial charge in [0.25, 0.3) is 5.69 Å². The average Bonchev–Trinajstić information content (AvgIpc) is 2.72. The molecule has 1 aliphatic carbocycles. The number of carbonyl (C=O) groups is 2. The highest BCUT2D eigenvalue weighted by atomic mass is 16.6. The third-order valence-electron chi connectivity index (χ3n) is 5.40. The van der Waals surface area contributed by atoms with E-state index in [9.17, 15) is 19.7 Å². The van der Waals surface area contributed by atoms with E-state index in [1.807, 2.05) is 4.90 Å². The van der Waals surface area contributed by atoms with Crippen molar-refractivity contribution in [1.29, 1.82) is 0 Å². The highest BCUT2D eigenvalue weighted by Gasteiger charge is 2.29. The molecule has 0 atom stereocenters. The van der Waals surface area contributed by atoms with Crippen molar-refractivity contribution < 1.29 is 14.5 Å². The smallest absolute Gasteiger partial charge is 0.317 e. The third kappa shape index (κ3) is 4.96. The number of piperazine rings is 1. The summed E-state index contributed by atoms with van der Waals surface area (Å²) in [5.74, 6) is 0.402. The fourth-order valence-corrected chi connectivity index (χ4v) is 3.81. The van der Waals surface area contributed by atoms with Gasteiger partial charge in [0.05, 0.1) is 4.92 Å². The second-order valence-electron chi connectivity index (χ2n) is 7.23. The molecule has 0 aromatic heterocycles. The Morgan fingerprint density at radius 1 is 1.07 bits per heavy atom. The Balaban J connectivity index is 1.45. The van der Waals surface area contributed by atoms with E-state index in [4.69, 9.17) is 0 Å². The first-order valence-electron chi connectivity index (χ1n) is 9.59. The maximum atomic E-state index is 12.6. The number of amides is 3. The maximum absolute atomic E-state index is 12.6. The number of non-ortho nitro benzene ring substituents is 1. The Kier molecular flexibility index (Phi) is 6.26. The van der Waals surface area contributed by atoms with E-state index in [0.717, 1.165) is 25.7 Å². The molecule has 2 fully saturated rings. The number of nitro groups is 1. The van der Waals surface area contributed by atoms with Crippen LogP contribution in [0.2, 0.25) is 0 Å². The van der Waals surface area contributed by atoms with Gasteiger partial charge in [-0.2, -0.15) is 0 Å². The zero-order chi connectivity index (χ0) is 19.2. The number of nitrogens with zero attached hydrogens (tertiary/aromatic N) is 3. The summed E-state index contributed by atoms with van der Waals surface area (Å²) in [6, 6.07) is 6.03. The fourth-order valence-electron chi connectivity index (χ4n) is 3.81. The summed E-state index contributed by atoms with van der Waals surface area (Å²) >= 11 is 0. The van der Waals surface area contributed by atoms with E-state index in [0.29, 0.717) is 31.7 Å². The molecule has 3 rings (SSSR count). The Bertz CT molecular complexity index is 695. The zero-order valence-electron chi connectivity index (χ0n) is 15.4. The second-order valence-corrected chi connectivity index (χ2v) is 7.23. The van der Waals surface area contributed by atoms with Crippen LogP contribution in [0.1, 0.15) is 37.7 Å². The van der Waals surface area contributed by atoms with E-state index in [1.165, 1.54) is 18.6 Å². The Hall–Kier alpha value is -2.64. The minimum atomic E-state index is -0.451. The summed E-state index contributed by atoms with van der Waals surface area (Å²) in [6.45, 7) is 2.40. The van der Waals surface area contributed by atoms with Crippen LogP contribution in [0.25, 0.3) is 0 Å². The number of nitro benzene ring substituents is 1. The van der Waals surface area contributed by atoms with E-state index in [1.54, 1.807) is 17.0 Å². The first-order valence-corrected chi connectivity index (χ1v) is 9.59. The minimum absolute atomic E-state index is 0.0107. The lowest BCUT2D eigenvalue weighted by molar-refractivity contribution is -0.384. The number of hydrogen-bond donors (Lipinski definition) is 1. The van der Waals surface area contributed by atoms with Crippen molar-refractivity contribution in [1.82, 2.24) is 15.1 Å². The van der Waals surface area contributed by atoms with Crippen molar-refractivity contribution in [3.05, 3.63) is 39.9 Å². The molecule has 0 radical (unpaired) electrons. The standard InChI is InChI=1S/C19H26N4O4/c24-18(16-6-2-1-3-7-16)21-9-11-22(12-10-21)19(25)20-14-15-5-4-8-17(13-15)23(26)27/h4-5,8,13,16H,1-3,6-7,9-12,14H2,(H,20,25). The molecule has 2 aliphatic rings. The van der Waals surface area contributed by atoms with Crippen LogP contribution in [-0.2, 0) is 11.3 Å². The van der Waals surface area contributed by atoms with Crippen LogP contribution in [0, 0.1) is 16.0 Å². The number of carbonyl (C=O) groups excluding carboxylic acids is 2. The highest BCUT2D eigenvalue weighted by Crippen LogP contribution is 2.25. The van der Waals surface area contributed by atoms with Crippen LogP contribution in [0.15, 0.2) is 24.3 Å². The predicted molar refractivity (Wildman–Crippen MR) is 100 cm³/mol. The first kappa shape index (κ1) is 19.1. The molecule has 8 nitrogen and oxygen atoms in total. The summed E-state index contributed by atoms with van der Waals surface area (Å²) in [5, 5.41) is 13.6. The normalized spacial score (nSPS) is 18.2. The molecule has 1 saturated heterocycles. The summed E-state index contributed by atoms with van der Waals surface area (Å²) in [4.78, 5) is 38.9. The molecule has 1 aliphatic heterocycles. The van der Waals surface area contributed by atoms with Crippen molar-refractivity contribution in [2.24, 2.45) is 5.92 Å². The van der Waals surface area contributed by atoms with E-state index in [-0.39, 0.29) is 30.1 Å². The molecule has 146 valence electrons. The Morgan fingerprint density at radius 3 is 2.41 bits per heavy atom. The zero-order valence-corrected chi connectivity index (χ0v) is 15.4. The van der Waals surface area contributed by atoms with Crippen molar-refractivity contribution >= 4 is 17.6 Å². The monoisotopic (exact) mass is 374 g/mol. The largest absolute Gasteiger partial charge is 0.339 e. The molecule has 1 aromatic rings. The maximum Gasteiger partial charge on any atom is 0.317 e. The molecule has 1 heterocycles. The van der Waals surface area contributed by atoms with Gasteiger partial charge in [-0.1, -0.05) is 31.4 Å². The van der Waals surface area contributed by atoms with Crippen LogP contribution in [0.5, 0.6) is 0 Å². The van der Waals surface area contributed by atoms with E-state index < -0.39 is 4.92 Å². The molecule has 1 aromatic carbocycles. The summed E-state index contributed by atoms with van der Waals surface area (Å²) in [6.07, 6.45) is 5.47. The highest BCUT2D eigenvalue weighted by molar-refractivity contribution is 5.79. The lowest BCUT2D eigenvalue weighted by atomic mass is 9.88. The van der Waals surface area contributed by atoms with Crippen molar-refractivity contribution in [2.45, 2.75) is 38.6 Å². The van der Waals surface area contributed by atoms with Gasteiger partial charge in [-0.3, -0.25) is 14.9 Å². The lowest BCUT2D eigenvalue weighted by Gasteiger charge is -2.37. The Labute approximate surface area is 158 Å². The van der Waals surface area contributed by atoms with Crippen molar-refractivity contribution in [2.75, 3.05) is 26.2 Å². The number of urea groups is 1. The number of rotatable bonds is 4. The second kappa shape index (κ2) is 8.83. The van der Waals surface area contributed by atoms with Crippen LogP contribution in [0.3, 0.4) is 0 Å². The fraction of sp³-hybridized carbons (Fsp3) is 0.579. The lowest BCUT2D eigenvalue weighted by Crippen LogP contribution is -2.54. The van der Waals surface area contributed by atoms with Crippen LogP contribution >= 0.6 is 0 Å². The molecule has 8 heteroatoms. The molecule has 1 saturated carbocycles. The number of nitrogens with one attached hydrogen (secondary N) is 1. The van der Waals surface area contributed by atoms with Gasteiger partial charge in [-0.25, -0.2) is 4.79 Å². The van der Waals surface area contributed by atoms with Crippen molar-refractivity contribution in [3.63, 3.8) is 0 Å². The third-order valence-corrected chi connectivity index (χ3v) is 5.40. The average molecular weight is 374 g/mol. The molecular formula is C19H26N4O4. The quantitative estimate of drug-likeness (QED) is 0.647. The molecule has 0 unspecified atom stereocenters. The summed E-state index contributed by atoms with van der Waals surface area (Å²) < 4.78 is 0. The number of hydrogen-bond acceptors (Lipinski definition) is 4. The summed E-state index contributed by atoms with van der Waals surface area (Å²) in [7, 11) is 0. The van der Waals surface area contributed by atoms with Gasteiger partial charge in [0.2, 0.25) is 5.91 Å². The molecule has 0 bridgehead atoms. The van der Waals surface area contributed by atoms with Crippen LogP contribution in [0.4, 0.5) is 10.5 Å². The summed E-state index contributed by atoms with van der Waals surface area (Å²) in [5.41, 5.74) is 0.695. The van der Waals surface area contributed by atoms with Gasteiger partial charge in [0, 0.05) is 50.8 Å². The molecular weight excluding hydrogens is 348 g/mol. The van der Waals surface area contributed by atoms with Crippen molar-refractivity contribution in [3.8, 4) is 0 Å². The van der Waals surface area contributed by atoms with E-state index >= 15 is 0 Å². The van der Waals surface area contributed by atoms with Gasteiger partial charge in [0.1, 0.15) is 0 Å². The van der Waals surface area contributed by atoms with Gasteiger partial charge < -0.3 is 15.1 Å². The minimum Gasteiger partial charge on any atom is -0.339 e. The Morgan fingerprint density at radius 2 is 1.74 bits per heavy atom. The molecule has 1 N–H and O–H groups in total. The van der Waals surface area contributed by atoms with E-state index in [2.05, 4.69) is 5.32 Å². The van der Waals surface area contributed by atoms with Crippen LogP contribution < -0.4 is 5.32 Å². The number of benzene rings is 1. The van der Waals surface area contributed by atoms with Gasteiger partial charge in [-0.15, -0.1) is 0 Å².